The number of amides is 2. The van der Waals surface area contributed by atoms with Crippen LogP contribution in [0.2, 0.25) is 5.02 Å². The summed E-state index contributed by atoms with van der Waals surface area (Å²) in [4.78, 5) is 27.0. The summed E-state index contributed by atoms with van der Waals surface area (Å²) in [5.41, 5.74) is -0.653. The van der Waals surface area contributed by atoms with E-state index in [4.69, 9.17) is 11.6 Å². The van der Waals surface area contributed by atoms with Gasteiger partial charge in [0.25, 0.3) is 0 Å². The highest BCUT2D eigenvalue weighted by molar-refractivity contribution is 6.31. The van der Waals surface area contributed by atoms with Gasteiger partial charge in [0.2, 0.25) is 12.3 Å². The number of pyridine rings is 1. The maximum absolute atomic E-state index is 12.7. The van der Waals surface area contributed by atoms with Crippen molar-refractivity contribution in [1.29, 1.82) is 0 Å². The average Bonchev–Trinajstić information content (AvgIpc) is 2.97. The molecule has 5 nitrogen and oxygen atoms in total. The van der Waals surface area contributed by atoms with Crippen LogP contribution in [0.4, 0.5) is 33.5 Å². The third-order valence-corrected chi connectivity index (χ3v) is 4.51. The fraction of sp³-hybridized carbons (Fsp3) is 0.316. The maximum Gasteiger partial charge on any atom is 0.416 e. The minimum atomic E-state index is -4.42. The van der Waals surface area contributed by atoms with Gasteiger partial charge in [-0.15, -0.1) is 0 Å². The summed E-state index contributed by atoms with van der Waals surface area (Å²) in [7, 11) is 0. The van der Waals surface area contributed by atoms with Crippen molar-refractivity contribution in [3.63, 3.8) is 0 Å². The highest BCUT2D eigenvalue weighted by Crippen LogP contribution is 2.33. The first-order valence-electron chi connectivity index (χ1n) is 8.66. The number of aromatic nitrogens is 1. The number of anilines is 2. The van der Waals surface area contributed by atoms with E-state index in [9.17, 15) is 31.5 Å². The molecule has 1 N–H and O–H groups in total. The first-order valence-corrected chi connectivity index (χ1v) is 9.04. The smallest absolute Gasteiger partial charge is 0.326 e. The fourth-order valence-electron chi connectivity index (χ4n) is 2.82. The number of benzene rings is 1. The van der Waals surface area contributed by atoms with Gasteiger partial charge in [-0.3, -0.25) is 14.5 Å². The Morgan fingerprint density at radius 3 is 2.40 bits per heavy atom. The van der Waals surface area contributed by atoms with Crippen LogP contribution < -0.4 is 10.2 Å². The Morgan fingerprint density at radius 2 is 1.87 bits per heavy atom. The van der Waals surface area contributed by atoms with Gasteiger partial charge in [0, 0.05) is 24.2 Å². The van der Waals surface area contributed by atoms with Crippen LogP contribution in [0.15, 0.2) is 24.3 Å². The van der Waals surface area contributed by atoms with Crippen molar-refractivity contribution in [3.8, 4) is 0 Å². The van der Waals surface area contributed by atoms with Gasteiger partial charge in [-0.2, -0.15) is 13.2 Å². The topological polar surface area (TPSA) is 62.3 Å². The lowest BCUT2D eigenvalue weighted by molar-refractivity contribution is -0.137. The molecule has 2 aromatic rings. The second kappa shape index (κ2) is 9.38. The first kappa shape index (κ1) is 23.5. The zero-order chi connectivity index (χ0) is 22.6. The highest BCUT2D eigenvalue weighted by Gasteiger charge is 2.35. The molecular formula is C19H17ClF5N3O2. The van der Waals surface area contributed by atoms with Gasteiger partial charge in [0.15, 0.2) is 0 Å². The normalized spacial score (nSPS) is 16.2. The molecule has 1 aromatic heterocycles. The number of nitrogens with zero attached hydrogens (tertiary/aromatic N) is 2. The second-order valence-corrected chi connectivity index (χ2v) is 6.92. The Bertz CT molecular complexity index is 952. The van der Waals surface area contributed by atoms with Crippen LogP contribution >= 0.6 is 11.6 Å². The number of rotatable bonds is 3. The van der Waals surface area contributed by atoms with E-state index in [-0.39, 0.29) is 40.6 Å². The van der Waals surface area contributed by atoms with Crippen molar-refractivity contribution in [1.82, 2.24) is 4.98 Å². The number of halogens is 6. The van der Waals surface area contributed by atoms with E-state index in [1.165, 1.54) is 11.8 Å². The molecule has 11 heteroatoms. The summed E-state index contributed by atoms with van der Waals surface area (Å²) >= 11 is 5.32. The van der Waals surface area contributed by atoms with Gasteiger partial charge >= 0.3 is 6.18 Å². The quantitative estimate of drug-likeness (QED) is 0.402. The van der Waals surface area contributed by atoms with Crippen LogP contribution in [0.5, 0.6) is 0 Å². The summed E-state index contributed by atoms with van der Waals surface area (Å²) < 4.78 is 63.3. The Hall–Kier alpha value is -2.75. The van der Waals surface area contributed by atoms with Crippen LogP contribution in [-0.2, 0) is 15.8 Å². The molecule has 0 bridgehead atoms. The van der Waals surface area contributed by atoms with E-state index < -0.39 is 23.4 Å². The molecule has 1 aromatic carbocycles. The summed E-state index contributed by atoms with van der Waals surface area (Å²) in [6.45, 7) is 3.30. The lowest BCUT2D eigenvalue weighted by Gasteiger charge is -2.22. The molecule has 0 radical (unpaired) electrons. The fourth-order valence-corrected chi connectivity index (χ4v) is 2.98. The summed E-state index contributed by atoms with van der Waals surface area (Å²) in [5, 5.41) is 1.80. The molecule has 1 aliphatic heterocycles. The zero-order valence-electron chi connectivity index (χ0n) is 15.9. The number of carbonyl (C=O) groups excluding carboxylic acids is 2. The predicted octanol–water partition coefficient (Wildman–Crippen LogP) is 5.11. The van der Waals surface area contributed by atoms with Gasteiger partial charge in [-0.05, 0) is 38.5 Å². The van der Waals surface area contributed by atoms with E-state index in [1.807, 2.05) is 12.2 Å². The molecule has 0 aliphatic carbocycles. The minimum Gasteiger partial charge on any atom is -0.326 e. The molecule has 1 fully saturated rings. The second-order valence-electron chi connectivity index (χ2n) is 6.51. The van der Waals surface area contributed by atoms with Crippen molar-refractivity contribution in [3.05, 3.63) is 52.2 Å². The molecular weight excluding hydrogens is 433 g/mol. The first-order chi connectivity index (χ1) is 13.9. The van der Waals surface area contributed by atoms with Crippen LogP contribution in [0, 0.1) is 18.6 Å². The standard InChI is InChI=1S/C12H13F3N2O.C7H4ClF2NO/c1-7-5-9(12(13,14)15)6-10(16-7)17-8(2)3-4-11(17)18;8-4-1-7(11-3-12)6(10)2-5(4)9/h5-6,8H,3-4H2,1-2H3;1-3H,(H,11,12). The van der Waals surface area contributed by atoms with Crippen LogP contribution in [-0.4, -0.2) is 23.3 Å². The minimum absolute atomic E-state index is 0.0947. The average molecular weight is 450 g/mol. The maximum atomic E-state index is 12.7. The monoisotopic (exact) mass is 449 g/mol. The summed E-state index contributed by atoms with van der Waals surface area (Å²) in [6, 6.07) is 3.42. The lowest BCUT2D eigenvalue weighted by atomic mass is 10.2. The van der Waals surface area contributed by atoms with Gasteiger partial charge in [0.1, 0.15) is 17.5 Å². The number of alkyl halides is 3. The molecule has 1 unspecified atom stereocenters. The highest BCUT2D eigenvalue weighted by atomic mass is 35.5. The number of nitrogens with one attached hydrogen (secondary N) is 1. The van der Waals surface area contributed by atoms with Gasteiger partial charge in [-0.1, -0.05) is 11.6 Å². The van der Waals surface area contributed by atoms with Crippen molar-refractivity contribution < 1.29 is 31.5 Å². The SMILES string of the molecule is Cc1cc(C(F)(F)F)cc(N2C(=O)CCC2C)n1.O=CNc1cc(Cl)c(F)cc1F. The Balaban J connectivity index is 0.000000232. The predicted molar refractivity (Wildman–Crippen MR) is 101 cm³/mol. The molecule has 0 saturated carbocycles. The largest absolute Gasteiger partial charge is 0.416 e. The Labute approximate surface area is 173 Å². The molecule has 2 heterocycles. The molecule has 1 atom stereocenters. The molecule has 2 amide bonds. The number of carbonyl (C=O) groups is 2. The molecule has 1 aliphatic rings. The number of hydrogen-bond acceptors (Lipinski definition) is 3. The van der Waals surface area contributed by atoms with Gasteiger partial charge in [0.05, 0.1) is 16.3 Å². The number of aryl methyl sites for hydroxylation is 1. The third kappa shape index (κ3) is 5.65. The van der Waals surface area contributed by atoms with E-state index in [0.717, 1.165) is 18.2 Å². The van der Waals surface area contributed by atoms with Crippen molar-refractivity contribution in [2.24, 2.45) is 0 Å². The van der Waals surface area contributed by atoms with Crippen molar-refractivity contribution in [2.75, 3.05) is 10.2 Å². The molecule has 0 spiro atoms. The van der Waals surface area contributed by atoms with E-state index in [1.54, 1.807) is 0 Å². The van der Waals surface area contributed by atoms with E-state index in [0.29, 0.717) is 18.9 Å². The Kier molecular flexibility index (Phi) is 7.35. The Morgan fingerprint density at radius 1 is 1.20 bits per heavy atom. The summed E-state index contributed by atoms with van der Waals surface area (Å²) in [5.74, 6) is -1.79. The summed E-state index contributed by atoms with van der Waals surface area (Å²) in [6.07, 6.45) is -3.13. The molecule has 3 rings (SSSR count). The van der Waals surface area contributed by atoms with E-state index >= 15 is 0 Å². The number of hydrogen-bond donors (Lipinski definition) is 1. The van der Waals surface area contributed by atoms with Crippen molar-refractivity contribution >= 4 is 35.4 Å². The van der Waals surface area contributed by atoms with Crippen molar-refractivity contribution in [2.45, 2.75) is 38.9 Å². The molecule has 1 saturated heterocycles. The zero-order valence-corrected chi connectivity index (χ0v) is 16.6. The van der Waals surface area contributed by atoms with Crippen LogP contribution in [0.3, 0.4) is 0 Å². The third-order valence-electron chi connectivity index (χ3n) is 4.22. The molecule has 162 valence electrons. The van der Waals surface area contributed by atoms with E-state index in [2.05, 4.69) is 4.98 Å². The van der Waals surface area contributed by atoms with Gasteiger partial charge in [-0.25, -0.2) is 13.8 Å². The lowest BCUT2D eigenvalue weighted by Crippen LogP contribution is -2.31. The van der Waals surface area contributed by atoms with Crippen LogP contribution in [0.1, 0.15) is 31.0 Å². The molecule has 30 heavy (non-hydrogen) atoms. The van der Waals surface area contributed by atoms with Crippen LogP contribution in [0.25, 0.3) is 0 Å². The van der Waals surface area contributed by atoms with Gasteiger partial charge < -0.3 is 5.32 Å².